The van der Waals surface area contributed by atoms with Crippen molar-refractivity contribution >= 4 is 28.2 Å². The fourth-order valence-electron chi connectivity index (χ4n) is 4.79. The maximum absolute atomic E-state index is 9.96. The van der Waals surface area contributed by atoms with Crippen LogP contribution in [0.25, 0.3) is 27.9 Å². The molecule has 2 saturated heterocycles. The van der Waals surface area contributed by atoms with Gasteiger partial charge in [-0.05, 0) is 23.6 Å². The minimum Gasteiger partial charge on any atom is -0.469 e. The Bertz CT molecular complexity index is 1310. The fraction of sp³-hybridized carbons (Fsp3) is 0.360. The zero-order valence-corrected chi connectivity index (χ0v) is 18.9. The molecule has 3 aromatic rings. The van der Waals surface area contributed by atoms with Gasteiger partial charge in [0.25, 0.3) is 0 Å². The molecular weight excluding hydrogens is 458 g/mol. The van der Waals surface area contributed by atoms with Crippen LogP contribution >= 0.6 is 11.6 Å². The topological polar surface area (TPSA) is 110 Å². The van der Waals surface area contributed by atoms with Gasteiger partial charge >= 0.3 is 0 Å². The van der Waals surface area contributed by atoms with Crippen LogP contribution in [0.15, 0.2) is 36.4 Å². The molecule has 0 amide bonds. The molecule has 1 aromatic carbocycles. The Morgan fingerprint density at radius 2 is 1.94 bits per heavy atom. The van der Waals surface area contributed by atoms with E-state index in [2.05, 4.69) is 29.3 Å². The van der Waals surface area contributed by atoms with Gasteiger partial charge in [0.2, 0.25) is 5.88 Å². The van der Waals surface area contributed by atoms with Crippen LogP contribution in [-0.2, 0) is 14.2 Å². The highest BCUT2D eigenvalue weighted by molar-refractivity contribution is 6.33. The second-order valence-electron chi connectivity index (χ2n) is 8.61. The number of hydrogen-bond donors (Lipinski definition) is 2. The molecule has 2 N–H and O–H groups in total. The monoisotopic (exact) mass is 479 g/mol. The van der Waals surface area contributed by atoms with Crippen molar-refractivity contribution in [2.45, 2.75) is 30.8 Å². The molecule has 2 unspecified atom stereocenters. The number of benzene rings is 1. The van der Waals surface area contributed by atoms with Crippen molar-refractivity contribution in [2.75, 3.05) is 26.4 Å². The number of nitrogens with one attached hydrogen (secondary N) is 1. The van der Waals surface area contributed by atoms with Crippen LogP contribution in [0.4, 0.5) is 0 Å². The molecule has 34 heavy (non-hydrogen) atoms. The van der Waals surface area contributed by atoms with Gasteiger partial charge in [-0.2, -0.15) is 5.26 Å². The van der Waals surface area contributed by atoms with Crippen LogP contribution in [0.3, 0.4) is 0 Å². The Morgan fingerprint density at radius 3 is 2.71 bits per heavy atom. The first-order valence-electron chi connectivity index (χ1n) is 11.2. The highest BCUT2D eigenvalue weighted by Crippen LogP contribution is 2.36. The quantitative estimate of drug-likeness (QED) is 0.589. The zero-order valence-electron chi connectivity index (χ0n) is 18.2. The number of halogens is 1. The Kier molecular flexibility index (Phi) is 5.52. The van der Waals surface area contributed by atoms with Gasteiger partial charge in [-0.25, -0.2) is 4.98 Å². The van der Waals surface area contributed by atoms with Crippen molar-refractivity contribution in [1.82, 2.24) is 9.97 Å². The molecule has 5 heterocycles. The number of aliphatic hydroxyl groups is 1. The van der Waals surface area contributed by atoms with E-state index in [1.807, 2.05) is 12.1 Å². The van der Waals surface area contributed by atoms with E-state index in [-0.39, 0.29) is 19.3 Å². The van der Waals surface area contributed by atoms with Gasteiger partial charge in [0.05, 0.1) is 42.7 Å². The molecule has 2 aromatic heterocycles. The molecule has 0 aliphatic carbocycles. The average molecular weight is 480 g/mol. The molecule has 8 nitrogen and oxygen atoms in total. The highest BCUT2D eigenvalue weighted by atomic mass is 35.5. The number of aliphatic hydroxyl groups excluding tert-OH is 1. The summed E-state index contributed by atoms with van der Waals surface area (Å²) in [6.45, 7) is 1.84. The minimum atomic E-state index is -0.672. The number of hydrogen-bond acceptors (Lipinski definition) is 7. The second kappa shape index (κ2) is 8.69. The second-order valence-corrected chi connectivity index (χ2v) is 9.01. The molecule has 3 aliphatic heterocycles. The van der Waals surface area contributed by atoms with Crippen LogP contribution in [0.1, 0.15) is 17.5 Å². The minimum absolute atomic E-state index is 0.206. The van der Waals surface area contributed by atoms with Gasteiger partial charge < -0.3 is 29.0 Å². The lowest BCUT2D eigenvalue weighted by Crippen LogP contribution is -2.34. The summed E-state index contributed by atoms with van der Waals surface area (Å²) in [5, 5.41) is 20.3. The molecule has 4 atom stereocenters. The lowest BCUT2D eigenvalue weighted by Gasteiger charge is -2.16. The molecule has 3 aliphatic rings. The number of ether oxygens (including phenoxy) is 4. The Balaban J connectivity index is 1.32. The molecule has 0 spiro atoms. The zero-order chi connectivity index (χ0) is 23.2. The summed E-state index contributed by atoms with van der Waals surface area (Å²) in [5.74, 6) is 0.291. The van der Waals surface area contributed by atoms with Crippen molar-refractivity contribution in [3.05, 3.63) is 52.6 Å². The summed E-state index contributed by atoms with van der Waals surface area (Å²) in [6, 6.07) is 12.0. The third-order valence-corrected chi connectivity index (χ3v) is 6.83. The smallest absolute Gasteiger partial charge is 0.212 e. The van der Waals surface area contributed by atoms with E-state index in [9.17, 15) is 10.4 Å². The normalized spacial score (nSPS) is 26.3. The van der Waals surface area contributed by atoms with Crippen molar-refractivity contribution in [2.24, 2.45) is 0 Å². The predicted octanol–water partition coefficient (Wildman–Crippen LogP) is 3.46. The molecular formula is C25H22ClN3O5. The van der Waals surface area contributed by atoms with Gasteiger partial charge in [-0.15, -0.1) is 0 Å². The number of aromatic nitrogens is 2. The SMILES string of the molecule is N#Cc1c(OC2CO[C@@H]3C(O)CO[C@H]23)[nH]c2cc(Cl)c(-c3ccc(C4=CCOCC4)cc3)nc12. The molecule has 2 fully saturated rings. The number of H-pyrrole nitrogens is 1. The largest absolute Gasteiger partial charge is 0.469 e. The Morgan fingerprint density at radius 1 is 1.15 bits per heavy atom. The van der Waals surface area contributed by atoms with Gasteiger partial charge in [0.1, 0.15) is 35.5 Å². The van der Waals surface area contributed by atoms with E-state index in [1.54, 1.807) is 6.07 Å². The number of aromatic amines is 1. The van der Waals surface area contributed by atoms with Gasteiger partial charge in [0, 0.05) is 5.56 Å². The van der Waals surface area contributed by atoms with E-state index in [0.717, 1.165) is 24.2 Å². The van der Waals surface area contributed by atoms with Crippen molar-refractivity contribution in [1.29, 1.82) is 5.26 Å². The third-order valence-electron chi connectivity index (χ3n) is 6.54. The van der Waals surface area contributed by atoms with Gasteiger partial charge in [-0.3, -0.25) is 0 Å². The summed E-state index contributed by atoms with van der Waals surface area (Å²) in [4.78, 5) is 7.85. The molecule has 0 radical (unpaired) electrons. The summed E-state index contributed by atoms with van der Waals surface area (Å²) < 4.78 is 22.7. The molecule has 0 bridgehead atoms. The molecule has 174 valence electrons. The summed E-state index contributed by atoms with van der Waals surface area (Å²) in [5.41, 5.74) is 5.24. The number of pyridine rings is 1. The van der Waals surface area contributed by atoms with Crippen LogP contribution in [0.2, 0.25) is 5.02 Å². The maximum Gasteiger partial charge on any atom is 0.212 e. The number of nitriles is 1. The van der Waals surface area contributed by atoms with E-state index >= 15 is 0 Å². The first kappa shape index (κ1) is 21.6. The van der Waals surface area contributed by atoms with E-state index in [1.165, 1.54) is 5.57 Å². The summed E-state index contributed by atoms with van der Waals surface area (Å²) in [7, 11) is 0. The van der Waals surface area contributed by atoms with Crippen LogP contribution in [0, 0.1) is 11.3 Å². The molecule has 6 rings (SSSR count). The Hall–Kier alpha value is -2.93. The number of fused-ring (bicyclic) bond motifs is 2. The molecule has 9 heteroatoms. The number of nitrogens with zero attached hydrogens (tertiary/aromatic N) is 2. The van der Waals surface area contributed by atoms with Gasteiger partial charge in [-0.1, -0.05) is 41.9 Å². The first-order chi connectivity index (χ1) is 16.6. The van der Waals surface area contributed by atoms with E-state index < -0.39 is 18.3 Å². The van der Waals surface area contributed by atoms with Crippen molar-refractivity contribution < 1.29 is 24.1 Å². The van der Waals surface area contributed by atoms with E-state index in [4.69, 9.17) is 35.5 Å². The predicted molar refractivity (Wildman–Crippen MR) is 125 cm³/mol. The van der Waals surface area contributed by atoms with Crippen LogP contribution in [-0.4, -0.2) is 65.9 Å². The van der Waals surface area contributed by atoms with Crippen molar-refractivity contribution in [3.8, 4) is 23.2 Å². The fourth-order valence-corrected chi connectivity index (χ4v) is 5.05. The third kappa shape index (κ3) is 3.66. The summed E-state index contributed by atoms with van der Waals surface area (Å²) in [6.07, 6.45) is 1.08. The summed E-state index contributed by atoms with van der Waals surface area (Å²) >= 11 is 6.59. The maximum atomic E-state index is 9.96. The first-order valence-corrected chi connectivity index (χ1v) is 11.6. The van der Waals surface area contributed by atoms with Gasteiger partial charge in [0.15, 0.2) is 6.10 Å². The number of rotatable bonds is 4. The lowest BCUT2D eigenvalue weighted by atomic mass is 9.99. The lowest BCUT2D eigenvalue weighted by molar-refractivity contribution is 0.00789. The van der Waals surface area contributed by atoms with E-state index in [0.29, 0.717) is 39.8 Å². The van der Waals surface area contributed by atoms with Crippen LogP contribution in [0.5, 0.6) is 5.88 Å². The highest BCUT2D eigenvalue weighted by Gasteiger charge is 2.48. The average Bonchev–Trinajstić information content (AvgIpc) is 3.54. The van der Waals surface area contributed by atoms with Crippen molar-refractivity contribution in [3.63, 3.8) is 0 Å². The van der Waals surface area contributed by atoms with Crippen LogP contribution < -0.4 is 4.74 Å². The molecule has 0 saturated carbocycles. The Labute approximate surface area is 200 Å². The standard InChI is InChI=1S/C25H22ClN3O5/c26-17-9-18-22(29-21(17)15-3-1-13(2-4-15)14-5-7-31-8-6-14)16(10-27)25(28-18)34-20-12-33-23-19(30)11-32-24(20)23/h1-5,9,19-20,23-24,28,30H,6-8,11-12H2/t19?,20?,23-,24-/m1/s1.